The molecule has 5 rings (SSSR count). The molecule has 5 heteroatoms. The van der Waals surface area contributed by atoms with Crippen molar-refractivity contribution in [3.63, 3.8) is 0 Å². The summed E-state index contributed by atoms with van der Waals surface area (Å²) in [5.41, 5.74) is 5.92. The predicted octanol–water partition coefficient (Wildman–Crippen LogP) is 5.36. The van der Waals surface area contributed by atoms with Crippen LogP contribution in [0.5, 0.6) is 11.5 Å². The van der Waals surface area contributed by atoms with Crippen LogP contribution in [0.25, 0.3) is 11.8 Å². The van der Waals surface area contributed by atoms with Crippen molar-refractivity contribution in [1.82, 2.24) is 14.9 Å². The molecule has 0 spiro atoms. The average molecular weight is 438 g/mol. The monoisotopic (exact) mass is 437 g/mol. The fraction of sp³-hybridized carbons (Fsp3) is 0.179. The lowest BCUT2D eigenvalue weighted by atomic mass is 9.93. The Hall–Kier alpha value is -3.83. The summed E-state index contributed by atoms with van der Waals surface area (Å²) in [5, 5.41) is 3.61. The standard InChI is InChI=1S/C28H27N3O2/c1-32-27-18-25-23(17-28(27)33-19-22-5-3-2-4-6-22)13-14-30-26(25)12-9-21-7-10-24(11-8-21)31-16-15-29-20-31/h2-12,15-18,20,26,30H,13-14,19H2,1H3/b12-9+. The number of nitrogens with one attached hydrogen (secondary N) is 1. The fourth-order valence-corrected chi connectivity index (χ4v) is 4.15. The highest BCUT2D eigenvalue weighted by molar-refractivity contribution is 5.56. The highest BCUT2D eigenvalue weighted by atomic mass is 16.5. The molecule has 1 N–H and O–H groups in total. The second kappa shape index (κ2) is 9.76. The molecule has 0 radical (unpaired) electrons. The first-order chi connectivity index (χ1) is 16.3. The van der Waals surface area contributed by atoms with Gasteiger partial charge in [-0.1, -0.05) is 54.6 Å². The third kappa shape index (κ3) is 4.83. The number of hydrogen-bond acceptors (Lipinski definition) is 4. The zero-order valence-electron chi connectivity index (χ0n) is 18.6. The largest absolute Gasteiger partial charge is 0.493 e. The molecule has 5 nitrogen and oxygen atoms in total. The van der Waals surface area contributed by atoms with Gasteiger partial charge in [-0.15, -0.1) is 0 Å². The maximum Gasteiger partial charge on any atom is 0.161 e. The summed E-state index contributed by atoms with van der Waals surface area (Å²) in [6, 6.07) is 23.0. The van der Waals surface area contributed by atoms with E-state index in [1.165, 1.54) is 11.1 Å². The van der Waals surface area contributed by atoms with Gasteiger partial charge in [-0.2, -0.15) is 0 Å². The van der Waals surface area contributed by atoms with E-state index < -0.39 is 0 Å². The van der Waals surface area contributed by atoms with E-state index in [1.54, 1.807) is 19.6 Å². The first-order valence-electron chi connectivity index (χ1n) is 11.2. The molecule has 33 heavy (non-hydrogen) atoms. The molecule has 0 fully saturated rings. The van der Waals surface area contributed by atoms with Crippen LogP contribution in [-0.2, 0) is 13.0 Å². The number of fused-ring (bicyclic) bond motifs is 1. The zero-order valence-corrected chi connectivity index (χ0v) is 18.6. The summed E-state index contributed by atoms with van der Waals surface area (Å²) < 4.78 is 13.8. The normalized spacial score (nSPS) is 15.4. The number of nitrogens with zero attached hydrogens (tertiary/aromatic N) is 2. The first-order valence-corrected chi connectivity index (χ1v) is 11.2. The molecule has 1 aromatic heterocycles. The van der Waals surface area contributed by atoms with Crippen molar-refractivity contribution in [3.8, 4) is 17.2 Å². The minimum absolute atomic E-state index is 0.124. The second-order valence-corrected chi connectivity index (χ2v) is 8.08. The van der Waals surface area contributed by atoms with Gasteiger partial charge < -0.3 is 19.4 Å². The van der Waals surface area contributed by atoms with E-state index in [4.69, 9.17) is 9.47 Å². The van der Waals surface area contributed by atoms with Gasteiger partial charge in [0, 0.05) is 24.6 Å². The zero-order chi connectivity index (χ0) is 22.5. The predicted molar refractivity (Wildman–Crippen MR) is 131 cm³/mol. The Labute approximate surface area is 194 Å². The van der Waals surface area contributed by atoms with Gasteiger partial charge in [0.25, 0.3) is 0 Å². The van der Waals surface area contributed by atoms with E-state index in [0.29, 0.717) is 6.61 Å². The highest BCUT2D eigenvalue weighted by Gasteiger charge is 2.21. The van der Waals surface area contributed by atoms with Gasteiger partial charge in [-0.3, -0.25) is 0 Å². The number of imidazole rings is 1. The fourth-order valence-electron chi connectivity index (χ4n) is 4.15. The van der Waals surface area contributed by atoms with Crippen LogP contribution in [0.4, 0.5) is 0 Å². The SMILES string of the molecule is COc1cc2c(cc1OCc1ccccc1)CCNC2/C=C/c1ccc(-n2ccnc2)cc1. The summed E-state index contributed by atoms with van der Waals surface area (Å²) in [6.07, 6.45) is 10.9. The minimum Gasteiger partial charge on any atom is -0.493 e. The highest BCUT2D eigenvalue weighted by Crippen LogP contribution is 2.36. The van der Waals surface area contributed by atoms with Crippen LogP contribution >= 0.6 is 0 Å². The summed E-state index contributed by atoms with van der Waals surface area (Å²) in [4.78, 5) is 4.11. The Morgan fingerprint density at radius 1 is 1.06 bits per heavy atom. The molecule has 1 aliphatic heterocycles. The lowest BCUT2D eigenvalue weighted by molar-refractivity contribution is 0.283. The molecule has 0 saturated carbocycles. The molecule has 1 aliphatic rings. The van der Waals surface area contributed by atoms with Gasteiger partial charge in [0.15, 0.2) is 11.5 Å². The van der Waals surface area contributed by atoms with Crippen molar-refractivity contribution in [1.29, 1.82) is 0 Å². The van der Waals surface area contributed by atoms with Crippen molar-refractivity contribution >= 4 is 6.08 Å². The van der Waals surface area contributed by atoms with Crippen molar-refractivity contribution < 1.29 is 9.47 Å². The molecule has 0 saturated heterocycles. The number of hydrogen-bond donors (Lipinski definition) is 1. The third-order valence-electron chi connectivity index (χ3n) is 5.93. The molecule has 2 heterocycles. The van der Waals surface area contributed by atoms with Crippen molar-refractivity contribution in [2.75, 3.05) is 13.7 Å². The summed E-state index contributed by atoms with van der Waals surface area (Å²) in [5.74, 6) is 1.55. The molecular formula is C28H27N3O2. The van der Waals surface area contributed by atoms with Gasteiger partial charge in [0.05, 0.1) is 19.5 Å². The van der Waals surface area contributed by atoms with Crippen LogP contribution in [0.1, 0.15) is 28.3 Å². The molecule has 1 atom stereocenters. The molecule has 0 bridgehead atoms. The van der Waals surface area contributed by atoms with Gasteiger partial charge in [0.1, 0.15) is 6.61 Å². The van der Waals surface area contributed by atoms with Crippen LogP contribution in [0.3, 0.4) is 0 Å². The number of benzene rings is 3. The van der Waals surface area contributed by atoms with E-state index >= 15 is 0 Å². The molecule has 166 valence electrons. The topological polar surface area (TPSA) is 48.3 Å². The molecular weight excluding hydrogens is 410 g/mol. The van der Waals surface area contributed by atoms with Gasteiger partial charge in [0.2, 0.25) is 0 Å². The molecule has 0 aliphatic carbocycles. The quantitative estimate of drug-likeness (QED) is 0.423. The number of aromatic nitrogens is 2. The first kappa shape index (κ1) is 21.0. The number of rotatable bonds is 7. The average Bonchev–Trinajstić information content (AvgIpc) is 3.41. The number of ether oxygens (including phenoxy) is 2. The molecule has 4 aromatic rings. The maximum atomic E-state index is 6.12. The summed E-state index contributed by atoms with van der Waals surface area (Å²) in [7, 11) is 1.69. The van der Waals surface area contributed by atoms with Crippen LogP contribution < -0.4 is 14.8 Å². The summed E-state index contributed by atoms with van der Waals surface area (Å²) >= 11 is 0. The van der Waals surface area contributed by atoms with E-state index in [1.807, 2.05) is 29.0 Å². The Balaban J connectivity index is 1.34. The van der Waals surface area contributed by atoms with Gasteiger partial charge in [-0.25, -0.2) is 4.98 Å². The van der Waals surface area contributed by atoms with E-state index in [-0.39, 0.29) is 6.04 Å². The third-order valence-corrected chi connectivity index (χ3v) is 5.93. The van der Waals surface area contributed by atoms with Crippen molar-refractivity contribution in [2.45, 2.75) is 19.1 Å². The molecule has 3 aromatic carbocycles. The maximum absolute atomic E-state index is 6.12. The van der Waals surface area contributed by atoms with Crippen LogP contribution in [0.15, 0.2) is 91.5 Å². The minimum atomic E-state index is 0.124. The lowest BCUT2D eigenvalue weighted by Gasteiger charge is -2.26. The molecule has 0 amide bonds. The molecule has 1 unspecified atom stereocenters. The van der Waals surface area contributed by atoms with E-state index in [2.05, 4.69) is 71.0 Å². The second-order valence-electron chi connectivity index (χ2n) is 8.08. The van der Waals surface area contributed by atoms with Gasteiger partial charge >= 0.3 is 0 Å². The Morgan fingerprint density at radius 2 is 1.91 bits per heavy atom. The van der Waals surface area contributed by atoms with Crippen LogP contribution in [0, 0.1) is 0 Å². The van der Waals surface area contributed by atoms with Crippen LogP contribution in [-0.4, -0.2) is 23.2 Å². The number of methoxy groups -OCH3 is 1. The summed E-state index contributed by atoms with van der Waals surface area (Å²) in [6.45, 7) is 1.44. The van der Waals surface area contributed by atoms with E-state index in [0.717, 1.165) is 41.3 Å². The van der Waals surface area contributed by atoms with Crippen LogP contribution in [0.2, 0.25) is 0 Å². The lowest BCUT2D eigenvalue weighted by Crippen LogP contribution is -2.28. The van der Waals surface area contributed by atoms with Gasteiger partial charge in [-0.05, 0) is 52.9 Å². The smallest absolute Gasteiger partial charge is 0.161 e. The van der Waals surface area contributed by atoms with Crippen molar-refractivity contribution in [3.05, 3.63) is 114 Å². The Morgan fingerprint density at radius 3 is 2.67 bits per heavy atom. The van der Waals surface area contributed by atoms with E-state index in [9.17, 15) is 0 Å². The Bertz CT molecular complexity index is 1220. The Kier molecular flexibility index (Phi) is 6.22. The van der Waals surface area contributed by atoms with Crippen molar-refractivity contribution in [2.24, 2.45) is 0 Å².